The standard InChI is InChI=1S/C13H15NS/c1-8(2)13-14(3)11-7-9-5-4-6-10(9)12(11)15-13/h4,6H,5,7H2,1-3H3. The number of hydrogen-bond acceptors (Lipinski definition) is 2. The van der Waals surface area contributed by atoms with Gasteiger partial charge in [0.25, 0.3) is 0 Å². The number of allylic oxidation sites excluding steroid dienone is 5. The molecule has 0 fully saturated rings. The fourth-order valence-corrected chi connectivity index (χ4v) is 3.79. The minimum Gasteiger partial charge on any atom is -0.341 e. The van der Waals surface area contributed by atoms with E-state index in [1.165, 1.54) is 33.2 Å². The number of rotatable bonds is 0. The highest BCUT2D eigenvalue weighted by molar-refractivity contribution is 8.07. The summed E-state index contributed by atoms with van der Waals surface area (Å²) < 4.78 is 0. The van der Waals surface area contributed by atoms with E-state index in [0.717, 1.165) is 6.42 Å². The van der Waals surface area contributed by atoms with Crippen LogP contribution < -0.4 is 0 Å². The van der Waals surface area contributed by atoms with Crippen molar-refractivity contribution < 1.29 is 0 Å². The van der Waals surface area contributed by atoms with Crippen molar-refractivity contribution in [2.24, 2.45) is 0 Å². The van der Waals surface area contributed by atoms with Crippen molar-refractivity contribution in [3.05, 3.63) is 44.5 Å². The molecule has 0 N–H and O–H groups in total. The van der Waals surface area contributed by atoms with E-state index in [9.17, 15) is 0 Å². The zero-order valence-corrected chi connectivity index (χ0v) is 10.2. The molecule has 0 aromatic heterocycles. The minimum absolute atomic E-state index is 1.16. The molecule has 2 aliphatic carbocycles. The van der Waals surface area contributed by atoms with E-state index in [0.29, 0.717) is 0 Å². The lowest BCUT2D eigenvalue weighted by molar-refractivity contribution is 0.543. The van der Waals surface area contributed by atoms with Crippen molar-refractivity contribution in [2.75, 3.05) is 7.05 Å². The monoisotopic (exact) mass is 217 g/mol. The van der Waals surface area contributed by atoms with Gasteiger partial charge in [0.05, 0.1) is 5.03 Å². The first-order valence-electron chi connectivity index (χ1n) is 5.39. The molecule has 1 heterocycles. The van der Waals surface area contributed by atoms with Crippen LogP contribution in [0, 0.1) is 0 Å². The van der Waals surface area contributed by atoms with Gasteiger partial charge in [0.2, 0.25) is 0 Å². The van der Waals surface area contributed by atoms with Crippen LogP contribution in [0.15, 0.2) is 44.5 Å². The number of thioether (sulfide) groups is 1. The lowest BCUT2D eigenvalue weighted by atomic mass is 10.1. The molecule has 0 bridgehead atoms. The minimum atomic E-state index is 1.16. The van der Waals surface area contributed by atoms with Gasteiger partial charge in [-0.15, -0.1) is 0 Å². The van der Waals surface area contributed by atoms with Crippen molar-refractivity contribution >= 4 is 11.8 Å². The molecule has 0 atom stereocenters. The summed E-state index contributed by atoms with van der Waals surface area (Å²) in [4.78, 5) is 3.89. The normalized spacial score (nSPS) is 23.1. The van der Waals surface area contributed by atoms with Crippen LogP contribution in [0.1, 0.15) is 26.7 Å². The second-order valence-corrected chi connectivity index (χ2v) is 5.54. The molecule has 3 aliphatic rings. The summed E-state index contributed by atoms with van der Waals surface area (Å²) in [7, 11) is 2.20. The molecule has 0 spiro atoms. The summed E-state index contributed by atoms with van der Waals surface area (Å²) in [5.74, 6) is 0. The number of nitrogens with zero attached hydrogens (tertiary/aromatic N) is 1. The van der Waals surface area contributed by atoms with Gasteiger partial charge < -0.3 is 4.90 Å². The van der Waals surface area contributed by atoms with Gasteiger partial charge in [-0.25, -0.2) is 0 Å². The lowest BCUT2D eigenvalue weighted by Crippen LogP contribution is -2.11. The van der Waals surface area contributed by atoms with Gasteiger partial charge in [-0.3, -0.25) is 0 Å². The van der Waals surface area contributed by atoms with Crippen LogP contribution in [0.25, 0.3) is 0 Å². The second-order valence-electron chi connectivity index (χ2n) is 4.54. The lowest BCUT2D eigenvalue weighted by Gasteiger charge is -2.18. The van der Waals surface area contributed by atoms with Crippen molar-refractivity contribution in [1.82, 2.24) is 4.90 Å². The molecule has 0 unspecified atom stereocenters. The molecule has 78 valence electrons. The molecule has 2 heteroatoms. The summed E-state index contributed by atoms with van der Waals surface area (Å²) in [5.41, 5.74) is 6.07. The molecular formula is C13H15NS. The van der Waals surface area contributed by atoms with Gasteiger partial charge in [0.1, 0.15) is 0 Å². The maximum absolute atomic E-state index is 2.38. The highest BCUT2D eigenvalue weighted by atomic mass is 32.2. The van der Waals surface area contributed by atoms with Crippen molar-refractivity contribution in [1.29, 1.82) is 0 Å². The fraction of sp³-hybridized carbons (Fsp3) is 0.385. The van der Waals surface area contributed by atoms with Crippen molar-refractivity contribution in [3.8, 4) is 0 Å². The first-order chi connectivity index (χ1) is 7.18. The van der Waals surface area contributed by atoms with E-state index in [1.807, 2.05) is 11.8 Å². The maximum atomic E-state index is 2.38. The Balaban J connectivity index is 2.03. The van der Waals surface area contributed by atoms with Crippen LogP contribution in [0.3, 0.4) is 0 Å². The van der Waals surface area contributed by atoms with E-state index in [-0.39, 0.29) is 0 Å². The molecule has 0 radical (unpaired) electrons. The maximum Gasteiger partial charge on any atom is 0.0782 e. The first kappa shape index (κ1) is 9.34. The summed E-state index contributed by atoms with van der Waals surface area (Å²) in [6.07, 6.45) is 6.92. The number of fused-ring (bicyclic) bond motifs is 1. The van der Waals surface area contributed by atoms with Crippen LogP contribution in [0.2, 0.25) is 0 Å². The third-order valence-electron chi connectivity index (χ3n) is 3.25. The quantitative estimate of drug-likeness (QED) is 0.607. The third-order valence-corrected chi connectivity index (χ3v) is 4.79. The van der Waals surface area contributed by atoms with Gasteiger partial charge in [-0.05, 0) is 31.4 Å². The molecule has 0 saturated heterocycles. The van der Waals surface area contributed by atoms with E-state index in [4.69, 9.17) is 0 Å². The Kier molecular flexibility index (Phi) is 1.90. The predicted molar refractivity (Wildman–Crippen MR) is 66.2 cm³/mol. The SMILES string of the molecule is CC(C)=C1SC2=C(CC3=C2C=CC3)N1C. The fourth-order valence-electron chi connectivity index (χ4n) is 2.50. The Morgan fingerprint density at radius 1 is 1.40 bits per heavy atom. The largest absolute Gasteiger partial charge is 0.341 e. The van der Waals surface area contributed by atoms with Crippen LogP contribution in [0.5, 0.6) is 0 Å². The Labute approximate surface area is 95.2 Å². The summed E-state index contributed by atoms with van der Waals surface area (Å²) in [5, 5.41) is 1.42. The molecule has 3 rings (SSSR count). The average Bonchev–Trinajstić information content (AvgIpc) is 2.77. The Morgan fingerprint density at radius 2 is 2.20 bits per heavy atom. The third kappa shape index (κ3) is 1.18. The van der Waals surface area contributed by atoms with Crippen LogP contribution in [-0.4, -0.2) is 11.9 Å². The predicted octanol–water partition coefficient (Wildman–Crippen LogP) is 3.79. The molecule has 0 aromatic rings. The summed E-state index contributed by atoms with van der Waals surface area (Å²) >= 11 is 1.95. The zero-order valence-electron chi connectivity index (χ0n) is 9.42. The Hall–Kier alpha value is -0.890. The van der Waals surface area contributed by atoms with Crippen LogP contribution in [-0.2, 0) is 0 Å². The van der Waals surface area contributed by atoms with Crippen LogP contribution >= 0.6 is 11.8 Å². The highest BCUT2D eigenvalue weighted by Gasteiger charge is 2.34. The molecule has 1 nitrogen and oxygen atoms in total. The topological polar surface area (TPSA) is 3.24 Å². The molecule has 15 heavy (non-hydrogen) atoms. The van der Waals surface area contributed by atoms with E-state index in [1.54, 1.807) is 5.57 Å². The van der Waals surface area contributed by atoms with Gasteiger partial charge in [0, 0.05) is 24.1 Å². The molecule has 1 aliphatic heterocycles. The van der Waals surface area contributed by atoms with Gasteiger partial charge in [-0.2, -0.15) is 0 Å². The summed E-state index contributed by atoms with van der Waals surface area (Å²) in [6.45, 7) is 4.39. The van der Waals surface area contributed by atoms with Gasteiger partial charge in [0.15, 0.2) is 0 Å². The average molecular weight is 217 g/mol. The van der Waals surface area contributed by atoms with Crippen molar-refractivity contribution in [3.63, 3.8) is 0 Å². The van der Waals surface area contributed by atoms with Crippen molar-refractivity contribution in [2.45, 2.75) is 26.7 Å². The Bertz CT molecular complexity index is 459. The molecule has 0 aromatic carbocycles. The Morgan fingerprint density at radius 3 is 2.93 bits per heavy atom. The first-order valence-corrected chi connectivity index (χ1v) is 6.21. The molecule has 0 saturated carbocycles. The van der Waals surface area contributed by atoms with Gasteiger partial charge in [-0.1, -0.05) is 29.5 Å². The molecular weight excluding hydrogens is 202 g/mol. The second kappa shape index (κ2) is 3.05. The smallest absolute Gasteiger partial charge is 0.0782 e. The van der Waals surface area contributed by atoms with Crippen LogP contribution in [0.4, 0.5) is 0 Å². The summed E-state index contributed by atoms with van der Waals surface area (Å²) in [6, 6.07) is 0. The number of hydrogen-bond donors (Lipinski definition) is 0. The van der Waals surface area contributed by atoms with E-state index in [2.05, 4.69) is 37.9 Å². The zero-order chi connectivity index (χ0) is 10.6. The van der Waals surface area contributed by atoms with Gasteiger partial charge >= 0.3 is 0 Å². The molecule has 0 amide bonds. The highest BCUT2D eigenvalue weighted by Crippen LogP contribution is 2.53. The van der Waals surface area contributed by atoms with E-state index >= 15 is 0 Å². The van der Waals surface area contributed by atoms with E-state index < -0.39 is 0 Å².